The van der Waals surface area contributed by atoms with Crippen molar-refractivity contribution in [3.8, 4) is 0 Å². The summed E-state index contributed by atoms with van der Waals surface area (Å²) in [5.74, 6) is 0.502. The SMILES string of the molecule is CC(C)c1ccc(C(=O)NCCCOC2CCCCC2)cc1. The van der Waals surface area contributed by atoms with Crippen LogP contribution in [-0.4, -0.2) is 25.2 Å². The van der Waals surface area contributed by atoms with E-state index in [9.17, 15) is 4.79 Å². The largest absolute Gasteiger partial charge is 0.378 e. The first-order chi connectivity index (χ1) is 10.7. The van der Waals surface area contributed by atoms with Crippen molar-refractivity contribution in [2.24, 2.45) is 0 Å². The van der Waals surface area contributed by atoms with Gasteiger partial charge in [0.05, 0.1) is 6.10 Å². The van der Waals surface area contributed by atoms with E-state index in [0.717, 1.165) is 18.6 Å². The van der Waals surface area contributed by atoms with E-state index in [2.05, 4.69) is 19.2 Å². The lowest BCUT2D eigenvalue weighted by atomic mass is 9.98. The number of hydrogen-bond donors (Lipinski definition) is 1. The van der Waals surface area contributed by atoms with Crippen molar-refractivity contribution in [2.45, 2.75) is 64.4 Å². The maximum absolute atomic E-state index is 12.0. The second-order valence-electron chi connectivity index (χ2n) is 6.52. The third-order valence-corrected chi connectivity index (χ3v) is 4.35. The molecule has 0 aliphatic heterocycles. The summed E-state index contributed by atoms with van der Waals surface area (Å²) in [4.78, 5) is 12.0. The Labute approximate surface area is 134 Å². The van der Waals surface area contributed by atoms with E-state index in [4.69, 9.17) is 4.74 Å². The fourth-order valence-electron chi connectivity index (χ4n) is 2.88. The van der Waals surface area contributed by atoms with Crippen LogP contribution in [0.2, 0.25) is 0 Å². The van der Waals surface area contributed by atoms with Crippen LogP contribution in [0.1, 0.15) is 74.2 Å². The summed E-state index contributed by atoms with van der Waals surface area (Å²) in [5.41, 5.74) is 2.00. The van der Waals surface area contributed by atoms with E-state index >= 15 is 0 Å². The van der Waals surface area contributed by atoms with Crippen molar-refractivity contribution in [2.75, 3.05) is 13.2 Å². The minimum absolute atomic E-state index is 0.00738. The summed E-state index contributed by atoms with van der Waals surface area (Å²) in [6.07, 6.45) is 7.69. The summed E-state index contributed by atoms with van der Waals surface area (Å²) >= 11 is 0. The number of nitrogens with one attached hydrogen (secondary N) is 1. The minimum atomic E-state index is 0.00738. The van der Waals surface area contributed by atoms with Crippen LogP contribution < -0.4 is 5.32 Å². The van der Waals surface area contributed by atoms with Crippen molar-refractivity contribution < 1.29 is 9.53 Å². The van der Waals surface area contributed by atoms with Gasteiger partial charge in [0.15, 0.2) is 0 Å². The first-order valence-electron chi connectivity index (χ1n) is 8.66. The highest BCUT2D eigenvalue weighted by atomic mass is 16.5. The quantitative estimate of drug-likeness (QED) is 0.764. The standard InChI is InChI=1S/C19H29NO2/c1-15(2)16-9-11-17(12-10-16)19(21)20-13-6-14-22-18-7-4-3-5-8-18/h9-12,15,18H,3-8,13-14H2,1-2H3,(H,20,21). The van der Waals surface area contributed by atoms with Gasteiger partial charge in [-0.15, -0.1) is 0 Å². The molecule has 1 aromatic carbocycles. The highest BCUT2D eigenvalue weighted by molar-refractivity contribution is 5.94. The average Bonchev–Trinajstić information content (AvgIpc) is 2.55. The Balaban J connectivity index is 1.62. The average molecular weight is 303 g/mol. The van der Waals surface area contributed by atoms with Gasteiger partial charge in [-0.1, -0.05) is 45.2 Å². The van der Waals surface area contributed by atoms with E-state index in [1.165, 1.54) is 37.7 Å². The molecule has 1 aliphatic carbocycles. The zero-order chi connectivity index (χ0) is 15.8. The number of rotatable bonds is 7. The number of carbonyl (C=O) groups is 1. The fraction of sp³-hybridized carbons (Fsp3) is 0.632. The monoisotopic (exact) mass is 303 g/mol. The summed E-state index contributed by atoms with van der Waals surface area (Å²) in [6.45, 7) is 5.73. The van der Waals surface area contributed by atoms with Gasteiger partial charge in [0.1, 0.15) is 0 Å². The summed E-state index contributed by atoms with van der Waals surface area (Å²) in [6, 6.07) is 7.88. The van der Waals surface area contributed by atoms with Gasteiger partial charge in [0.25, 0.3) is 5.91 Å². The van der Waals surface area contributed by atoms with Gasteiger partial charge in [0, 0.05) is 18.7 Å². The number of ether oxygens (including phenoxy) is 1. The van der Waals surface area contributed by atoms with Gasteiger partial charge in [-0.25, -0.2) is 0 Å². The Morgan fingerprint density at radius 3 is 2.50 bits per heavy atom. The molecule has 122 valence electrons. The maximum Gasteiger partial charge on any atom is 0.251 e. The van der Waals surface area contributed by atoms with Crippen molar-refractivity contribution in [1.29, 1.82) is 0 Å². The molecule has 1 saturated carbocycles. The molecule has 0 radical (unpaired) electrons. The fourth-order valence-corrected chi connectivity index (χ4v) is 2.88. The van der Waals surface area contributed by atoms with E-state index in [1.807, 2.05) is 24.3 Å². The smallest absolute Gasteiger partial charge is 0.251 e. The second-order valence-corrected chi connectivity index (χ2v) is 6.52. The molecule has 0 bridgehead atoms. The van der Waals surface area contributed by atoms with Gasteiger partial charge >= 0.3 is 0 Å². The van der Waals surface area contributed by atoms with Crippen LogP contribution >= 0.6 is 0 Å². The van der Waals surface area contributed by atoms with Crippen LogP contribution in [0.3, 0.4) is 0 Å². The second kappa shape index (κ2) is 8.94. The lowest BCUT2D eigenvalue weighted by Gasteiger charge is -2.21. The van der Waals surface area contributed by atoms with Crippen LogP contribution in [0.25, 0.3) is 0 Å². The molecule has 1 aromatic rings. The number of hydrogen-bond acceptors (Lipinski definition) is 2. The molecule has 3 nitrogen and oxygen atoms in total. The van der Waals surface area contributed by atoms with Crippen LogP contribution in [0.5, 0.6) is 0 Å². The minimum Gasteiger partial charge on any atom is -0.378 e. The zero-order valence-corrected chi connectivity index (χ0v) is 13.9. The van der Waals surface area contributed by atoms with Crippen LogP contribution in [0, 0.1) is 0 Å². The van der Waals surface area contributed by atoms with Crippen molar-refractivity contribution >= 4 is 5.91 Å². The summed E-state index contributed by atoms with van der Waals surface area (Å²) in [5, 5.41) is 2.97. The topological polar surface area (TPSA) is 38.3 Å². The molecule has 2 rings (SSSR count). The molecular formula is C19H29NO2. The molecule has 0 aromatic heterocycles. The molecule has 0 spiro atoms. The highest BCUT2D eigenvalue weighted by Gasteiger charge is 2.13. The summed E-state index contributed by atoms with van der Waals surface area (Å²) < 4.78 is 5.86. The van der Waals surface area contributed by atoms with Crippen LogP contribution in [-0.2, 0) is 4.74 Å². The predicted molar refractivity (Wildman–Crippen MR) is 90.3 cm³/mol. The van der Waals surface area contributed by atoms with Gasteiger partial charge in [0.2, 0.25) is 0 Å². The normalized spacial score (nSPS) is 16.0. The summed E-state index contributed by atoms with van der Waals surface area (Å²) in [7, 11) is 0. The number of benzene rings is 1. The molecule has 3 heteroatoms. The third-order valence-electron chi connectivity index (χ3n) is 4.35. The number of carbonyl (C=O) groups excluding carboxylic acids is 1. The number of amides is 1. The van der Waals surface area contributed by atoms with E-state index < -0.39 is 0 Å². The predicted octanol–water partition coefficient (Wildman–Crippen LogP) is 4.28. The van der Waals surface area contributed by atoms with E-state index in [-0.39, 0.29) is 5.91 Å². The highest BCUT2D eigenvalue weighted by Crippen LogP contribution is 2.20. The first-order valence-corrected chi connectivity index (χ1v) is 8.66. The molecule has 22 heavy (non-hydrogen) atoms. The molecule has 1 N–H and O–H groups in total. The molecular weight excluding hydrogens is 274 g/mol. The molecule has 0 unspecified atom stereocenters. The lowest BCUT2D eigenvalue weighted by Crippen LogP contribution is -2.26. The van der Waals surface area contributed by atoms with Gasteiger partial charge in [-0.3, -0.25) is 4.79 Å². The Kier molecular flexibility index (Phi) is 6.91. The Morgan fingerprint density at radius 2 is 1.86 bits per heavy atom. The Morgan fingerprint density at radius 1 is 1.18 bits per heavy atom. The molecule has 0 heterocycles. The van der Waals surface area contributed by atoms with Gasteiger partial charge < -0.3 is 10.1 Å². The Bertz CT molecular complexity index is 447. The molecule has 0 atom stereocenters. The third kappa shape index (κ3) is 5.45. The van der Waals surface area contributed by atoms with Crippen molar-refractivity contribution in [1.82, 2.24) is 5.32 Å². The first kappa shape index (κ1) is 17.0. The van der Waals surface area contributed by atoms with Crippen LogP contribution in [0.15, 0.2) is 24.3 Å². The van der Waals surface area contributed by atoms with Gasteiger partial charge in [-0.2, -0.15) is 0 Å². The lowest BCUT2D eigenvalue weighted by molar-refractivity contribution is 0.0273. The van der Waals surface area contributed by atoms with E-state index in [1.54, 1.807) is 0 Å². The molecule has 1 aliphatic rings. The van der Waals surface area contributed by atoms with Crippen LogP contribution in [0.4, 0.5) is 0 Å². The van der Waals surface area contributed by atoms with Crippen molar-refractivity contribution in [3.05, 3.63) is 35.4 Å². The molecule has 1 fully saturated rings. The molecule has 0 saturated heterocycles. The van der Waals surface area contributed by atoms with Crippen molar-refractivity contribution in [3.63, 3.8) is 0 Å². The Hall–Kier alpha value is -1.35. The maximum atomic E-state index is 12.0. The molecule has 1 amide bonds. The van der Waals surface area contributed by atoms with Gasteiger partial charge in [-0.05, 0) is 42.9 Å². The zero-order valence-electron chi connectivity index (χ0n) is 13.9. The van der Waals surface area contributed by atoms with E-state index in [0.29, 0.717) is 18.6 Å².